The first-order valence-corrected chi connectivity index (χ1v) is 9.14. The number of carbonyl (C=O) groups is 2. The summed E-state index contributed by atoms with van der Waals surface area (Å²) in [5.74, 6) is -0.173. The van der Waals surface area contributed by atoms with E-state index in [1.54, 1.807) is 6.07 Å². The summed E-state index contributed by atoms with van der Waals surface area (Å²) < 4.78 is 42.2. The summed E-state index contributed by atoms with van der Waals surface area (Å²) in [7, 11) is 0. The second kappa shape index (κ2) is 5.60. The summed E-state index contributed by atoms with van der Waals surface area (Å²) in [5.41, 5.74) is -3.00. The number of hydrogen-bond donors (Lipinski definition) is 1. The van der Waals surface area contributed by atoms with Gasteiger partial charge in [0.25, 0.3) is 5.66 Å². The van der Waals surface area contributed by atoms with Crippen molar-refractivity contribution in [3.63, 3.8) is 0 Å². The first-order chi connectivity index (χ1) is 12.5. The van der Waals surface area contributed by atoms with E-state index in [4.69, 9.17) is 0 Å². The zero-order chi connectivity index (χ0) is 19.6. The fourth-order valence-corrected chi connectivity index (χ4v) is 4.72. The second-order valence-corrected chi connectivity index (χ2v) is 8.53. The number of hydrogen-bond acceptors (Lipinski definition) is 4. The van der Waals surface area contributed by atoms with Gasteiger partial charge in [0.15, 0.2) is 11.0 Å². The average Bonchev–Trinajstić information content (AvgIpc) is 2.92. The highest BCUT2D eigenvalue weighted by molar-refractivity contribution is 8.18. The number of ketones is 1. The van der Waals surface area contributed by atoms with Gasteiger partial charge in [0.2, 0.25) is 0 Å². The number of nitrogens with one attached hydrogen (secondary N) is 1. The normalized spacial score (nSPS) is 27.1. The van der Waals surface area contributed by atoms with Crippen molar-refractivity contribution in [2.45, 2.75) is 38.5 Å². The summed E-state index contributed by atoms with van der Waals surface area (Å²) in [6, 6.07) is 6.12. The van der Waals surface area contributed by atoms with Crippen LogP contribution in [0.2, 0.25) is 0 Å². The molecule has 2 aliphatic heterocycles. The average molecular weight is 395 g/mol. The van der Waals surface area contributed by atoms with Crippen molar-refractivity contribution >= 4 is 28.7 Å². The molecule has 4 rings (SSSR count). The maximum absolute atomic E-state index is 14.1. The standard InChI is InChI=1S/C18H16F3N3O2S/c1-16(2)8-11-13(12(25)9-16)27-15-23-17(18(19,20)21,22-14(26)24(11)15)10-6-4-3-5-7-10/h3-7H,8-9H2,1-2H3,(H,22,26). The molecular weight excluding hydrogens is 379 g/mol. The van der Waals surface area contributed by atoms with Crippen LogP contribution in [0.4, 0.5) is 18.0 Å². The number of halogens is 3. The summed E-state index contributed by atoms with van der Waals surface area (Å²) in [6.45, 7) is 3.78. The maximum Gasteiger partial charge on any atom is 0.436 e. The lowest BCUT2D eigenvalue weighted by atomic mass is 9.78. The van der Waals surface area contributed by atoms with Crippen molar-refractivity contribution in [1.29, 1.82) is 0 Å². The first kappa shape index (κ1) is 18.1. The molecule has 0 fully saturated rings. The van der Waals surface area contributed by atoms with Gasteiger partial charge in [-0.05, 0) is 23.6 Å². The van der Waals surface area contributed by atoms with E-state index in [0.717, 1.165) is 16.7 Å². The summed E-state index contributed by atoms with van der Waals surface area (Å²) in [4.78, 5) is 30.6. The van der Waals surface area contributed by atoms with Crippen molar-refractivity contribution in [1.82, 2.24) is 10.2 Å². The predicted molar refractivity (Wildman–Crippen MR) is 94.6 cm³/mol. The molecule has 1 aromatic rings. The van der Waals surface area contributed by atoms with Crippen LogP contribution in [0, 0.1) is 5.41 Å². The largest absolute Gasteiger partial charge is 0.436 e. The van der Waals surface area contributed by atoms with Crippen LogP contribution in [-0.2, 0) is 10.5 Å². The van der Waals surface area contributed by atoms with Crippen LogP contribution in [0.25, 0.3) is 0 Å². The Bertz CT molecular complexity index is 908. The summed E-state index contributed by atoms with van der Waals surface area (Å²) in [5, 5.41) is 1.93. The van der Waals surface area contributed by atoms with Gasteiger partial charge in [0.1, 0.15) is 0 Å². The molecule has 5 nitrogen and oxygen atoms in total. The van der Waals surface area contributed by atoms with Crippen molar-refractivity contribution in [2.75, 3.05) is 0 Å². The van der Waals surface area contributed by atoms with Crippen LogP contribution < -0.4 is 5.32 Å². The molecule has 27 heavy (non-hydrogen) atoms. The van der Waals surface area contributed by atoms with Gasteiger partial charge < -0.3 is 5.32 Å². The fourth-order valence-electron chi connectivity index (χ4n) is 3.60. The minimum atomic E-state index is -4.85. The molecule has 9 heteroatoms. The van der Waals surface area contributed by atoms with E-state index in [9.17, 15) is 22.8 Å². The number of Topliss-reactive ketones (excluding diaryl/α,β-unsaturated/α-hetero) is 1. The monoisotopic (exact) mass is 395 g/mol. The van der Waals surface area contributed by atoms with E-state index in [1.165, 1.54) is 24.3 Å². The maximum atomic E-state index is 14.1. The molecule has 3 aliphatic rings. The Morgan fingerprint density at radius 3 is 2.44 bits per heavy atom. The van der Waals surface area contributed by atoms with Gasteiger partial charge in [-0.1, -0.05) is 44.2 Å². The van der Waals surface area contributed by atoms with Gasteiger partial charge in [0, 0.05) is 17.7 Å². The number of nitrogens with zero attached hydrogens (tertiary/aromatic N) is 2. The SMILES string of the molecule is CC1(C)CC(=O)C2=C(C1)N1C(=O)NC(c3ccccc3)(C(F)(F)F)N=C1S2. The van der Waals surface area contributed by atoms with Gasteiger partial charge in [-0.2, -0.15) is 13.2 Å². The number of urea groups is 1. The third-order valence-electron chi connectivity index (χ3n) is 4.81. The Labute approximate surface area is 157 Å². The zero-order valence-corrected chi connectivity index (χ0v) is 15.4. The fraction of sp³-hybridized carbons (Fsp3) is 0.389. The number of carbonyl (C=O) groups excluding carboxylic acids is 2. The molecule has 0 bridgehead atoms. The van der Waals surface area contributed by atoms with Gasteiger partial charge in [-0.15, -0.1) is 0 Å². The second-order valence-electron chi connectivity index (χ2n) is 7.55. The van der Waals surface area contributed by atoms with Crippen LogP contribution >= 0.6 is 11.8 Å². The van der Waals surface area contributed by atoms with E-state index >= 15 is 0 Å². The number of amidine groups is 1. The lowest BCUT2D eigenvalue weighted by Gasteiger charge is -2.40. The topological polar surface area (TPSA) is 61.8 Å². The Morgan fingerprint density at radius 1 is 1.15 bits per heavy atom. The molecule has 0 aromatic heterocycles. The van der Waals surface area contributed by atoms with Crippen LogP contribution in [-0.4, -0.2) is 28.1 Å². The predicted octanol–water partition coefficient (Wildman–Crippen LogP) is 4.13. The van der Waals surface area contributed by atoms with Crippen LogP contribution in [0.1, 0.15) is 32.3 Å². The number of fused-ring (bicyclic) bond motifs is 2. The Balaban J connectivity index is 1.85. The highest BCUT2D eigenvalue weighted by Crippen LogP contribution is 2.51. The molecule has 1 N–H and O–H groups in total. The van der Waals surface area contributed by atoms with E-state index in [1.807, 2.05) is 19.2 Å². The highest BCUT2D eigenvalue weighted by atomic mass is 32.2. The summed E-state index contributed by atoms with van der Waals surface area (Å²) >= 11 is 0.849. The smallest absolute Gasteiger partial charge is 0.301 e. The molecule has 1 atom stereocenters. The number of alkyl halides is 3. The molecule has 0 saturated heterocycles. The van der Waals surface area contributed by atoms with Gasteiger partial charge >= 0.3 is 12.2 Å². The van der Waals surface area contributed by atoms with E-state index < -0.39 is 17.9 Å². The van der Waals surface area contributed by atoms with Crippen molar-refractivity contribution in [3.8, 4) is 0 Å². The lowest BCUT2D eigenvalue weighted by molar-refractivity contribution is -0.196. The van der Waals surface area contributed by atoms with Crippen LogP contribution in [0.5, 0.6) is 0 Å². The quantitative estimate of drug-likeness (QED) is 0.778. The Hall–Kier alpha value is -2.29. The number of rotatable bonds is 1. The molecule has 2 amide bonds. The van der Waals surface area contributed by atoms with E-state index in [-0.39, 0.29) is 28.4 Å². The Kier molecular flexibility index (Phi) is 3.76. The van der Waals surface area contributed by atoms with Gasteiger partial charge in [-0.25, -0.2) is 14.7 Å². The number of allylic oxidation sites excluding steroid dienone is 2. The molecule has 0 radical (unpaired) electrons. The first-order valence-electron chi connectivity index (χ1n) is 8.33. The highest BCUT2D eigenvalue weighted by Gasteiger charge is 2.62. The molecular formula is C18H16F3N3O2S. The number of benzene rings is 1. The molecule has 1 aliphatic carbocycles. The number of thioether (sulfide) groups is 1. The molecule has 1 unspecified atom stereocenters. The molecule has 0 saturated carbocycles. The molecule has 142 valence electrons. The Morgan fingerprint density at radius 2 is 1.81 bits per heavy atom. The zero-order valence-electron chi connectivity index (χ0n) is 14.6. The van der Waals surface area contributed by atoms with Crippen molar-refractivity contribution in [3.05, 3.63) is 46.5 Å². The molecule has 0 spiro atoms. The van der Waals surface area contributed by atoms with Gasteiger partial charge in [-0.3, -0.25) is 4.79 Å². The minimum Gasteiger partial charge on any atom is -0.301 e. The summed E-state index contributed by atoms with van der Waals surface area (Å²) in [6.07, 6.45) is -4.15. The van der Waals surface area contributed by atoms with E-state index in [2.05, 4.69) is 4.99 Å². The van der Waals surface area contributed by atoms with Crippen molar-refractivity contribution in [2.24, 2.45) is 10.4 Å². The number of aliphatic imine (C=N–C) groups is 1. The third-order valence-corrected chi connectivity index (χ3v) is 5.93. The minimum absolute atomic E-state index is 0.115. The van der Waals surface area contributed by atoms with Crippen molar-refractivity contribution < 1.29 is 22.8 Å². The third kappa shape index (κ3) is 2.67. The molecule has 1 aromatic carbocycles. The number of amides is 2. The van der Waals surface area contributed by atoms with Crippen LogP contribution in [0.15, 0.2) is 45.9 Å². The van der Waals surface area contributed by atoms with Gasteiger partial charge in [0.05, 0.1) is 4.91 Å². The lowest BCUT2D eigenvalue weighted by Crippen LogP contribution is -2.62. The molecule has 2 heterocycles. The van der Waals surface area contributed by atoms with E-state index in [0.29, 0.717) is 17.0 Å². The van der Waals surface area contributed by atoms with Crippen LogP contribution in [0.3, 0.4) is 0 Å².